The number of hydrogen-bond acceptors (Lipinski definition) is 4. The molecule has 0 saturated heterocycles. The van der Waals surface area contributed by atoms with Crippen molar-refractivity contribution in [3.05, 3.63) is 75.6 Å². The van der Waals surface area contributed by atoms with Crippen LogP contribution in [0.25, 0.3) is 11.0 Å². The molecule has 0 radical (unpaired) electrons. The molecule has 2 aromatic carbocycles. The number of benzene rings is 2. The zero-order valence-corrected chi connectivity index (χ0v) is 12.1. The lowest BCUT2D eigenvalue weighted by atomic mass is 10.2. The number of carbonyl (C=O) groups excluding carboxylic acids is 1. The van der Waals surface area contributed by atoms with Gasteiger partial charge in [0.15, 0.2) is 0 Å². The maximum atomic E-state index is 12.1. The molecule has 2 N–H and O–H groups in total. The number of halogens is 1. The van der Waals surface area contributed by atoms with E-state index in [9.17, 15) is 9.59 Å². The molecular formula is C16H11ClN2O3. The van der Waals surface area contributed by atoms with Crippen LogP contribution in [-0.4, -0.2) is 5.91 Å². The van der Waals surface area contributed by atoms with Gasteiger partial charge < -0.3 is 4.42 Å². The molecule has 0 atom stereocenters. The highest BCUT2D eigenvalue weighted by Crippen LogP contribution is 2.18. The molecule has 0 spiro atoms. The predicted octanol–water partition coefficient (Wildman–Crippen LogP) is 3.20. The van der Waals surface area contributed by atoms with E-state index in [0.717, 1.165) is 0 Å². The molecule has 0 unspecified atom stereocenters. The highest BCUT2D eigenvalue weighted by Gasteiger charge is 2.13. The monoisotopic (exact) mass is 314 g/mol. The molecule has 5 nitrogen and oxygen atoms in total. The minimum absolute atomic E-state index is 0.0989. The van der Waals surface area contributed by atoms with Crippen LogP contribution in [0.3, 0.4) is 0 Å². The Balaban J connectivity index is 1.87. The smallest absolute Gasteiger partial charge is 0.349 e. The maximum absolute atomic E-state index is 12.1. The minimum Gasteiger partial charge on any atom is -0.422 e. The van der Waals surface area contributed by atoms with Crippen LogP contribution in [0.4, 0.5) is 5.69 Å². The van der Waals surface area contributed by atoms with Crippen molar-refractivity contribution in [3.63, 3.8) is 0 Å². The van der Waals surface area contributed by atoms with Crippen LogP contribution in [0.5, 0.6) is 0 Å². The largest absolute Gasteiger partial charge is 0.422 e. The van der Waals surface area contributed by atoms with Crippen molar-refractivity contribution in [1.82, 2.24) is 5.43 Å². The van der Waals surface area contributed by atoms with Crippen LogP contribution in [0.2, 0.25) is 5.02 Å². The van der Waals surface area contributed by atoms with Crippen molar-refractivity contribution >= 4 is 34.2 Å². The molecule has 0 bridgehead atoms. The Morgan fingerprint density at radius 3 is 2.59 bits per heavy atom. The fourth-order valence-corrected chi connectivity index (χ4v) is 2.15. The molecule has 6 heteroatoms. The molecule has 22 heavy (non-hydrogen) atoms. The van der Waals surface area contributed by atoms with E-state index in [1.807, 2.05) is 18.2 Å². The topological polar surface area (TPSA) is 71.3 Å². The van der Waals surface area contributed by atoms with Gasteiger partial charge in [0.05, 0.1) is 5.69 Å². The van der Waals surface area contributed by atoms with E-state index in [-0.39, 0.29) is 5.56 Å². The first kappa shape index (κ1) is 14.2. The SMILES string of the molecule is O=C(NNc1ccccc1)c1cc2cc(Cl)ccc2oc1=O. The van der Waals surface area contributed by atoms with Gasteiger partial charge in [0.2, 0.25) is 0 Å². The Kier molecular flexibility index (Phi) is 3.80. The van der Waals surface area contributed by atoms with E-state index in [1.165, 1.54) is 6.07 Å². The summed E-state index contributed by atoms with van der Waals surface area (Å²) in [6.45, 7) is 0. The summed E-state index contributed by atoms with van der Waals surface area (Å²) in [5, 5.41) is 1.08. The van der Waals surface area contributed by atoms with Crippen LogP contribution < -0.4 is 16.5 Å². The van der Waals surface area contributed by atoms with E-state index in [4.69, 9.17) is 16.0 Å². The number of carbonyl (C=O) groups is 1. The molecule has 3 aromatic rings. The van der Waals surface area contributed by atoms with Gasteiger partial charge in [-0.15, -0.1) is 0 Å². The highest BCUT2D eigenvalue weighted by atomic mass is 35.5. The number of anilines is 1. The molecular weight excluding hydrogens is 304 g/mol. The van der Waals surface area contributed by atoms with Gasteiger partial charge in [-0.05, 0) is 36.4 Å². The average molecular weight is 315 g/mol. The molecule has 0 aliphatic rings. The zero-order valence-electron chi connectivity index (χ0n) is 11.3. The lowest BCUT2D eigenvalue weighted by molar-refractivity contribution is 0.0959. The van der Waals surface area contributed by atoms with E-state index in [1.54, 1.807) is 30.3 Å². The highest BCUT2D eigenvalue weighted by molar-refractivity contribution is 6.31. The van der Waals surface area contributed by atoms with Crippen molar-refractivity contribution in [2.75, 3.05) is 5.43 Å². The minimum atomic E-state index is -0.706. The van der Waals surface area contributed by atoms with E-state index >= 15 is 0 Å². The molecule has 0 aliphatic carbocycles. The molecule has 3 rings (SSSR count). The van der Waals surface area contributed by atoms with Crippen molar-refractivity contribution in [2.24, 2.45) is 0 Å². The lowest BCUT2D eigenvalue weighted by Crippen LogP contribution is -2.32. The third kappa shape index (κ3) is 2.94. The molecule has 1 amide bonds. The van der Waals surface area contributed by atoms with Gasteiger partial charge in [-0.1, -0.05) is 29.8 Å². The Labute approximate surface area is 130 Å². The fourth-order valence-electron chi connectivity index (χ4n) is 1.97. The average Bonchev–Trinajstić information content (AvgIpc) is 2.53. The quantitative estimate of drug-likeness (QED) is 0.575. The Morgan fingerprint density at radius 2 is 1.82 bits per heavy atom. The second-order valence-corrected chi connectivity index (χ2v) is 5.01. The van der Waals surface area contributed by atoms with Gasteiger partial charge >= 0.3 is 5.63 Å². The van der Waals surface area contributed by atoms with Crippen LogP contribution in [0.15, 0.2) is 63.8 Å². The number of nitrogens with one attached hydrogen (secondary N) is 2. The Hall–Kier alpha value is -2.79. The predicted molar refractivity (Wildman–Crippen MR) is 85.0 cm³/mol. The van der Waals surface area contributed by atoms with E-state index in [2.05, 4.69) is 10.9 Å². The molecule has 110 valence electrons. The number of para-hydroxylation sites is 1. The molecule has 1 heterocycles. The van der Waals surface area contributed by atoms with Gasteiger partial charge in [-0.3, -0.25) is 15.6 Å². The molecule has 0 fully saturated rings. The van der Waals surface area contributed by atoms with Gasteiger partial charge in [-0.2, -0.15) is 0 Å². The summed E-state index contributed by atoms with van der Waals surface area (Å²) >= 11 is 5.90. The number of hydrogen-bond donors (Lipinski definition) is 2. The van der Waals surface area contributed by atoms with Crippen LogP contribution >= 0.6 is 11.6 Å². The number of hydrazine groups is 1. The third-order valence-corrected chi connectivity index (χ3v) is 3.27. The van der Waals surface area contributed by atoms with Gasteiger partial charge in [-0.25, -0.2) is 4.79 Å². The number of amides is 1. The summed E-state index contributed by atoms with van der Waals surface area (Å²) in [5.74, 6) is -0.584. The van der Waals surface area contributed by atoms with Crippen LogP contribution in [0.1, 0.15) is 10.4 Å². The normalized spacial score (nSPS) is 10.4. The Bertz CT molecular complexity index is 891. The van der Waals surface area contributed by atoms with Crippen LogP contribution in [-0.2, 0) is 0 Å². The summed E-state index contributed by atoms with van der Waals surface area (Å²) < 4.78 is 5.12. The number of fused-ring (bicyclic) bond motifs is 1. The summed E-state index contributed by atoms with van der Waals surface area (Å²) in [6, 6.07) is 15.3. The van der Waals surface area contributed by atoms with E-state index in [0.29, 0.717) is 21.7 Å². The van der Waals surface area contributed by atoms with Gasteiger partial charge in [0.25, 0.3) is 5.91 Å². The van der Waals surface area contributed by atoms with Crippen molar-refractivity contribution in [1.29, 1.82) is 0 Å². The molecule has 1 aromatic heterocycles. The van der Waals surface area contributed by atoms with Crippen molar-refractivity contribution < 1.29 is 9.21 Å². The van der Waals surface area contributed by atoms with Gasteiger partial charge in [0.1, 0.15) is 11.1 Å². The standard InChI is InChI=1S/C16H11ClN2O3/c17-11-6-7-14-10(8-11)9-13(16(21)22-14)15(20)19-18-12-4-2-1-3-5-12/h1-9,18H,(H,19,20). The lowest BCUT2D eigenvalue weighted by Gasteiger charge is -2.08. The molecule has 0 saturated carbocycles. The van der Waals surface area contributed by atoms with E-state index < -0.39 is 11.5 Å². The first-order chi connectivity index (χ1) is 10.6. The summed E-state index contributed by atoms with van der Waals surface area (Å²) in [7, 11) is 0. The summed E-state index contributed by atoms with van der Waals surface area (Å²) in [6.07, 6.45) is 0. The van der Waals surface area contributed by atoms with Crippen LogP contribution in [0, 0.1) is 0 Å². The second-order valence-electron chi connectivity index (χ2n) is 4.57. The fraction of sp³-hybridized carbons (Fsp3) is 0. The first-order valence-corrected chi connectivity index (χ1v) is 6.86. The summed E-state index contributed by atoms with van der Waals surface area (Å²) in [4.78, 5) is 24.0. The second kappa shape index (κ2) is 5.91. The maximum Gasteiger partial charge on any atom is 0.349 e. The van der Waals surface area contributed by atoms with Crippen molar-refractivity contribution in [3.8, 4) is 0 Å². The summed E-state index contributed by atoms with van der Waals surface area (Å²) in [5.41, 5.74) is 5.45. The Morgan fingerprint density at radius 1 is 1.05 bits per heavy atom. The van der Waals surface area contributed by atoms with Gasteiger partial charge in [0, 0.05) is 10.4 Å². The molecule has 0 aliphatic heterocycles. The zero-order chi connectivity index (χ0) is 15.5. The number of rotatable bonds is 3. The van der Waals surface area contributed by atoms with Crippen molar-refractivity contribution in [2.45, 2.75) is 0 Å². The first-order valence-electron chi connectivity index (χ1n) is 6.48. The third-order valence-electron chi connectivity index (χ3n) is 3.03.